The summed E-state index contributed by atoms with van der Waals surface area (Å²) in [6.45, 7) is 4.01. The van der Waals surface area contributed by atoms with Gasteiger partial charge in [0.15, 0.2) is 0 Å². The van der Waals surface area contributed by atoms with Gasteiger partial charge in [0.05, 0.1) is 12.7 Å². The Bertz CT molecular complexity index is 404. The maximum Gasteiger partial charge on any atom is 0.305 e. The molecule has 1 aliphatic heterocycles. The van der Waals surface area contributed by atoms with Crippen molar-refractivity contribution >= 4 is 11.9 Å². The van der Waals surface area contributed by atoms with E-state index in [1.54, 1.807) is 0 Å². The molecule has 5 heteroatoms. The number of rotatable bonds is 19. The third-order valence-electron chi connectivity index (χ3n) is 5.48. The van der Waals surface area contributed by atoms with E-state index in [1.807, 2.05) is 0 Å². The van der Waals surface area contributed by atoms with Gasteiger partial charge >= 0.3 is 11.9 Å². The van der Waals surface area contributed by atoms with Crippen LogP contribution in [0.1, 0.15) is 116 Å². The second kappa shape index (κ2) is 18.9. The summed E-state index contributed by atoms with van der Waals surface area (Å²) < 4.78 is 16.0. The van der Waals surface area contributed by atoms with Crippen molar-refractivity contribution < 1.29 is 23.8 Å². The lowest BCUT2D eigenvalue weighted by molar-refractivity contribution is -0.147. The molecule has 0 aromatic heterocycles. The molecule has 1 aliphatic rings. The van der Waals surface area contributed by atoms with Crippen molar-refractivity contribution in [1.82, 2.24) is 0 Å². The Kier molecular flexibility index (Phi) is 16.9. The molecule has 0 radical (unpaired) electrons. The largest absolute Gasteiger partial charge is 0.466 e. The van der Waals surface area contributed by atoms with Gasteiger partial charge in [-0.25, -0.2) is 0 Å². The Hall–Kier alpha value is -1.10. The van der Waals surface area contributed by atoms with Gasteiger partial charge in [0, 0.05) is 19.4 Å². The van der Waals surface area contributed by atoms with E-state index in [0.29, 0.717) is 26.1 Å². The van der Waals surface area contributed by atoms with E-state index in [4.69, 9.17) is 14.2 Å². The third-order valence-corrected chi connectivity index (χ3v) is 5.48. The summed E-state index contributed by atoms with van der Waals surface area (Å²) in [7, 11) is 0. The van der Waals surface area contributed by atoms with E-state index in [0.717, 1.165) is 64.4 Å². The van der Waals surface area contributed by atoms with Gasteiger partial charge in [-0.15, -0.1) is 0 Å². The molecule has 0 aromatic carbocycles. The number of carbonyl (C=O) groups excluding carboxylic acids is 2. The number of carbonyl (C=O) groups is 2. The summed E-state index contributed by atoms with van der Waals surface area (Å²) in [6.07, 6.45) is 18.0. The monoisotopic (exact) mass is 412 g/mol. The van der Waals surface area contributed by atoms with Crippen molar-refractivity contribution in [3.05, 3.63) is 0 Å². The Balaban J connectivity index is 1.77. The van der Waals surface area contributed by atoms with Gasteiger partial charge in [-0.3, -0.25) is 9.59 Å². The van der Waals surface area contributed by atoms with Crippen molar-refractivity contribution in [2.75, 3.05) is 19.8 Å². The number of ether oxygens (including phenoxy) is 3. The van der Waals surface area contributed by atoms with E-state index in [1.165, 1.54) is 38.5 Å². The highest BCUT2D eigenvalue weighted by molar-refractivity contribution is 5.69. The molecular formula is C24H44O5. The summed E-state index contributed by atoms with van der Waals surface area (Å²) in [6, 6.07) is 0. The second-order valence-electron chi connectivity index (χ2n) is 8.28. The summed E-state index contributed by atoms with van der Waals surface area (Å²) >= 11 is 0. The van der Waals surface area contributed by atoms with Gasteiger partial charge in [0.2, 0.25) is 0 Å². The van der Waals surface area contributed by atoms with Gasteiger partial charge in [-0.05, 0) is 32.1 Å². The molecule has 0 amide bonds. The van der Waals surface area contributed by atoms with E-state index in [2.05, 4.69) is 6.92 Å². The molecule has 0 aliphatic carbocycles. The Labute approximate surface area is 178 Å². The molecule has 29 heavy (non-hydrogen) atoms. The van der Waals surface area contributed by atoms with Crippen LogP contribution in [0.2, 0.25) is 0 Å². The molecule has 0 N–H and O–H groups in total. The standard InChI is InChI=1S/C24H44O5/c1-2-3-4-5-8-11-14-19-28-23(25)17-12-9-6-7-10-13-18-24(26)29-21-22-16-15-20-27-22/h22H,2-21H2,1H3. The van der Waals surface area contributed by atoms with Crippen LogP contribution in [0.5, 0.6) is 0 Å². The minimum absolute atomic E-state index is 0.0510. The van der Waals surface area contributed by atoms with Crippen molar-refractivity contribution in [2.24, 2.45) is 0 Å². The number of esters is 2. The van der Waals surface area contributed by atoms with Crippen molar-refractivity contribution in [3.8, 4) is 0 Å². The number of hydrogen-bond acceptors (Lipinski definition) is 5. The van der Waals surface area contributed by atoms with Crippen LogP contribution in [-0.4, -0.2) is 37.9 Å². The van der Waals surface area contributed by atoms with Crippen molar-refractivity contribution in [3.63, 3.8) is 0 Å². The smallest absolute Gasteiger partial charge is 0.305 e. The minimum atomic E-state index is -0.107. The van der Waals surface area contributed by atoms with E-state index >= 15 is 0 Å². The van der Waals surface area contributed by atoms with Gasteiger partial charge in [0.1, 0.15) is 6.61 Å². The highest BCUT2D eigenvalue weighted by Gasteiger charge is 2.17. The molecular weight excluding hydrogens is 368 g/mol. The van der Waals surface area contributed by atoms with Crippen LogP contribution in [0.4, 0.5) is 0 Å². The molecule has 1 fully saturated rings. The Morgan fingerprint density at radius 3 is 1.90 bits per heavy atom. The molecule has 0 saturated carbocycles. The Morgan fingerprint density at radius 2 is 1.31 bits per heavy atom. The highest BCUT2D eigenvalue weighted by atomic mass is 16.6. The molecule has 170 valence electrons. The number of unbranched alkanes of at least 4 members (excludes halogenated alkanes) is 11. The average molecular weight is 413 g/mol. The molecule has 0 spiro atoms. The Morgan fingerprint density at radius 1 is 0.759 bits per heavy atom. The quantitative estimate of drug-likeness (QED) is 0.189. The molecule has 1 unspecified atom stereocenters. The predicted octanol–water partition coefficient (Wildman–Crippen LogP) is 6.12. The summed E-state index contributed by atoms with van der Waals surface area (Å²) in [4.78, 5) is 23.4. The van der Waals surface area contributed by atoms with Crippen molar-refractivity contribution in [1.29, 1.82) is 0 Å². The van der Waals surface area contributed by atoms with Gasteiger partial charge in [-0.2, -0.15) is 0 Å². The molecule has 1 heterocycles. The van der Waals surface area contributed by atoms with Gasteiger partial charge < -0.3 is 14.2 Å². The van der Waals surface area contributed by atoms with E-state index < -0.39 is 0 Å². The first-order valence-corrected chi connectivity index (χ1v) is 12.1. The van der Waals surface area contributed by atoms with Crippen LogP contribution in [0.3, 0.4) is 0 Å². The molecule has 0 aromatic rings. The first kappa shape index (κ1) is 25.9. The molecule has 1 saturated heterocycles. The van der Waals surface area contributed by atoms with Crippen LogP contribution in [-0.2, 0) is 23.8 Å². The lowest BCUT2D eigenvalue weighted by Gasteiger charge is -2.10. The topological polar surface area (TPSA) is 61.8 Å². The van der Waals surface area contributed by atoms with Crippen molar-refractivity contribution in [2.45, 2.75) is 122 Å². The van der Waals surface area contributed by atoms with Gasteiger partial charge in [0.25, 0.3) is 0 Å². The fourth-order valence-corrected chi connectivity index (χ4v) is 3.60. The average Bonchev–Trinajstić information content (AvgIpc) is 3.24. The van der Waals surface area contributed by atoms with Crippen LogP contribution in [0.15, 0.2) is 0 Å². The van der Waals surface area contributed by atoms with E-state index in [9.17, 15) is 9.59 Å². The SMILES string of the molecule is CCCCCCCCCOC(=O)CCCCCCCCC(=O)OCC1CCCO1. The molecule has 5 nitrogen and oxygen atoms in total. The first-order valence-electron chi connectivity index (χ1n) is 12.1. The zero-order valence-corrected chi connectivity index (χ0v) is 18.8. The number of hydrogen-bond donors (Lipinski definition) is 0. The van der Waals surface area contributed by atoms with E-state index in [-0.39, 0.29) is 18.0 Å². The maximum atomic E-state index is 11.7. The maximum absolute atomic E-state index is 11.7. The fraction of sp³-hybridized carbons (Fsp3) is 0.917. The zero-order chi connectivity index (χ0) is 21.0. The van der Waals surface area contributed by atoms with Crippen LogP contribution in [0, 0.1) is 0 Å². The van der Waals surface area contributed by atoms with Gasteiger partial charge in [-0.1, -0.05) is 71.1 Å². The lowest BCUT2D eigenvalue weighted by Crippen LogP contribution is -2.17. The predicted molar refractivity (Wildman–Crippen MR) is 116 cm³/mol. The summed E-state index contributed by atoms with van der Waals surface area (Å²) in [5.41, 5.74) is 0. The first-order chi connectivity index (χ1) is 14.2. The fourth-order valence-electron chi connectivity index (χ4n) is 3.60. The zero-order valence-electron chi connectivity index (χ0n) is 18.8. The molecule has 1 rings (SSSR count). The third kappa shape index (κ3) is 16.4. The molecule has 1 atom stereocenters. The normalized spacial score (nSPS) is 16.1. The summed E-state index contributed by atoms with van der Waals surface area (Å²) in [5, 5.41) is 0. The van der Waals surface area contributed by atoms with Crippen LogP contribution >= 0.6 is 0 Å². The highest BCUT2D eigenvalue weighted by Crippen LogP contribution is 2.13. The second-order valence-corrected chi connectivity index (χ2v) is 8.28. The molecule has 0 bridgehead atoms. The van der Waals surface area contributed by atoms with Crippen LogP contribution < -0.4 is 0 Å². The summed E-state index contributed by atoms with van der Waals surface area (Å²) in [5.74, 6) is -0.158. The minimum Gasteiger partial charge on any atom is -0.466 e. The van der Waals surface area contributed by atoms with Crippen LogP contribution in [0.25, 0.3) is 0 Å². The lowest BCUT2D eigenvalue weighted by atomic mass is 10.1.